The largest absolute Gasteiger partial charge is 0.467 e. The molecule has 110 valence electrons. The smallest absolute Gasteiger partial charge is 0.220 e. The Morgan fingerprint density at radius 2 is 2.38 bits per heavy atom. The van der Waals surface area contributed by atoms with Crippen molar-refractivity contribution in [2.75, 3.05) is 11.9 Å². The first-order chi connectivity index (χ1) is 10.1. The van der Waals surface area contributed by atoms with E-state index < -0.39 is 0 Å². The molecule has 21 heavy (non-hydrogen) atoms. The van der Waals surface area contributed by atoms with Crippen LogP contribution in [0.1, 0.15) is 36.7 Å². The molecular formula is C15H18N4O2. The predicted molar refractivity (Wildman–Crippen MR) is 77.5 cm³/mol. The zero-order valence-corrected chi connectivity index (χ0v) is 12.2. The van der Waals surface area contributed by atoms with Gasteiger partial charge in [-0.15, -0.1) is 0 Å². The minimum Gasteiger partial charge on any atom is -0.467 e. The Morgan fingerprint density at radius 3 is 3.00 bits per heavy atom. The molecule has 0 spiro atoms. The van der Waals surface area contributed by atoms with Gasteiger partial charge in [-0.2, -0.15) is 0 Å². The lowest BCUT2D eigenvalue weighted by Crippen LogP contribution is -2.44. The van der Waals surface area contributed by atoms with Gasteiger partial charge in [-0.1, -0.05) is 0 Å². The monoisotopic (exact) mass is 286 g/mol. The molecule has 0 aliphatic carbocycles. The van der Waals surface area contributed by atoms with Crippen LogP contribution in [-0.2, 0) is 11.3 Å². The van der Waals surface area contributed by atoms with Crippen molar-refractivity contribution in [1.82, 2.24) is 14.9 Å². The molecule has 6 nitrogen and oxygen atoms in total. The van der Waals surface area contributed by atoms with Crippen LogP contribution in [0.5, 0.6) is 0 Å². The van der Waals surface area contributed by atoms with Gasteiger partial charge in [-0.3, -0.25) is 4.79 Å². The third kappa shape index (κ3) is 2.89. The molecule has 0 saturated carbocycles. The number of hydrogen-bond donors (Lipinski definition) is 1. The summed E-state index contributed by atoms with van der Waals surface area (Å²) < 4.78 is 5.29. The SMILES string of the molecule is CC(=O)N1CCC1c1cc(NCc2ccco2)nc(C)n1. The second-order valence-corrected chi connectivity index (χ2v) is 5.18. The van der Waals surface area contributed by atoms with Gasteiger partial charge >= 0.3 is 0 Å². The maximum Gasteiger partial charge on any atom is 0.220 e. The van der Waals surface area contributed by atoms with E-state index in [1.165, 1.54) is 0 Å². The highest BCUT2D eigenvalue weighted by Gasteiger charge is 2.32. The van der Waals surface area contributed by atoms with Crippen LogP contribution in [0.15, 0.2) is 28.9 Å². The van der Waals surface area contributed by atoms with Crippen LogP contribution < -0.4 is 5.32 Å². The Hall–Kier alpha value is -2.37. The molecule has 1 aliphatic rings. The van der Waals surface area contributed by atoms with Crippen molar-refractivity contribution in [3.63, 3.8) is 0 Å². The lowest BCUT2D eigenvalue weighted by atomic mass is 9.99. The molecule has 1 saturated heterocycles. The van der Waals surface area contributed by atoms with E-state index in [-0.39, 0.29) is 11.9 Å². The van der Waals surface area contributed by atoms with Gasteiger partial charge in [0.15, 0.2) is 0 Å². The number of nitrogens with zero attached hydrogens (tertiary/aromatic N) is 3. The molecule has 1 aliphatic heterocycles. The first-order valence-electron chi connectivity index (χ1n) is 7.02. The number of nitrogens with one attached hydrogen (secondary N) is 1. The number of furan rings is 1. The molecule has 1 fully saturated rings. The van der Waals surface area contributed by atoms with Gasteiger partial charge in [0.05, 0.1) is 24.5 Å². The summed E-state index contributed by atoms with van der Waals surface area (Å²) in [5, 5.41) is 3.23. The molecule has 1 atom stereocenters. The summed E-state index contributed by atoms with van der Waals surface area (Å²) in [6, 6.07) is 5.75. The third-order valence-corrected chi connectivity index (χ3v) is 3.65. The van der Waals surface area contributed by atoms with Gasteiger partial charge < -0.3 is 14.6 Å². The fourth-order valence-corrected chi connectivity index (χ4v) is 2.51. The van der Waals surface area contributed by atoms with E-state index in [2.05, 4.69) is 15.3 Å². The maximum absolute atomic E-state index is 11.5. The standard InChI is InChI=1S/C15H18N4O2/c1-10-17-13(14-5-6-19(14)11(2)20)8-15(18-10)16-9-12-4-3-7-21-12/h3-4,7-8,14H,5-6,9H2,1-2H3,(H,16,17,18). The summed E-state index contributed by atoms with van der Waals surface area (Å²) in [7, 11) is 0. The van der Waals surface area contributed by atoms with Crippen molar-refractivity contribution in [2.45, 2.75) is 32.9 Å². The van der Waals surface area contributed by atoms with E-state index in [0.717, 1.165) is 30.2 Å². The van der Waals surface area contributed by atoms with Crippen LogP contribution in [-0.4, -0.2) is 27.3 Å². The molecule has 3 heterocycles. The highest BCUT2D eigenvalue weighted by molar-refractivity contribution is 5.74. The molecular weight excluding hydrogens is 268 g/mol. The van der Waals surface area contributed by atoms with E-state index in [1.54, 1.807) is 13.2 Å². The molecule has 2 aromatic heterocycles. The number of carbonyl (C=O) groups is 1. The second-order valence-electron chi connectivity index (χ2n) is 5.18. The number of rotatable bonds is 4. The first-order valence-corrected chi connectivity index (χ1v) is 7.02. The fraction of sp³-hybridized carbons (Fsp3) is 0.400. The van der Waals surface area contributed by atoms with Gasteiger partial charge in [0.2, 0.25) is 5.91 Å². The number of aryl methyl sites for hydroxylation is 1. The van der Waals surface area contributed by atoms with Crippen LogP contribution in [0, 0.1) is 6.92 Å². The first kappa shape index (κ1) is 13.6. The van der Waals surface area contributed by atoms with Crippen LogP contribution in [0.3, 0.4) is 0 Å². The average molecular weight is 286 g/mol. The lowest BCUT2D eigenvalue weighted by molar-refractivity contribution is -0.136. The van der Waals surface area contributed by atoms with E-state index in [0.29, 0.717) is 12.4 Å². The molecule has 6 heteroatoms. The Bertz CT molecular complexity index is 639. The molecule has 3 rings (SSSR count). The Balaban J connectivity index is 1.75. The molecule has 1 amide bonds. The van der Waals surface area contributed by atoms with Crippen LogP contribution in [0.2, 0.25) is 0 Å². The van der Waals surface area contributed by atoms with Crippen molar-refractivity contribution >= 4 is 11.7 Å². The fourth-order valence-electron chi connectivity index (χ4n) is 2.51. The summed E-state index contributed by atoms with van der Waals surface area (Å²) in [5.41, 5.74) is 0.894. The Morgan fingerprint density at radius 1 is 1.52 bits per heavy atom. The van der Waals surface area contributed by atoms with E-state index in [9.17, 15) is 4.79 Å². The number of amides is 1. The Labute approximate surface area is 123 Å². The highest BCUT2D eigenvalue weighted by Crippen LogP contribution is 2.32. The van der Waals surface area contributed by atoms with Crippen molar-refractivity contribution in [3.8, 4) is 0 Å². The molecule has 0 bridgehead atoms. The molecule has 0 radical (unpaired) electrons. The summed E-state index contributed by atoms with van der Waals surface area (Å²) in [6.07, 6.45) is 2.60. The van der Waals surface area contributed by atoms with Gasteiger partial charge in [-0.25, -0.2) is 9.97 Å². The number of likely N-dealkylation sites (tertiary alicyclic amines) is 1. The van der Waals surface area contributed by atoms with Crippen molar-refractivity contribution in [2.24, 2.45) is 0 Å². The van der Waals surface area contributed by atoms with Crippen LogP contribution >= 0.6 is 0 Å². The summed E-state index contributed by atoms with van der Waals surface area (Å²) in [4.78, 5) is 22.2. The quantitative estimate of drug-likeness (QED) is 0.933. The minimum absolute atomic E-state index is 0.0772. The van der Waals surface area contributed by atoms with E-state index in [4.69, 9.17) is 4.42 Å². The van der Waals surface area contributed by atoms with Crippen molar-refractivity contribution < 1.29 is 9.21 Å². The summed E-state index contributed by atoms with van der Waals surface area (Å²) >= 11 is 0. The highest BCUT2D eigenvalue weighted by atomic mass is 16.3. The molecule has 0 aromatic carbocycles. The van der Waals surface area contributed by atoms with Gasteiger partial charge in [0.1, 0.15) is 17.4 Å². The van der Waals surface area contributed by atoms with Gasteiger partial charge in [-0.05, 0) is 25.5 Å². The molecule has 1 unspecified atom stereocenters. The number of aromatic nitrogens is 2. The normalized spacial score (nSPS) is 17.4. The summed E-state index contributed by atoms with van der Waals surface area (Å²) in [6.45, 7) is 4.83. The molecule has 2 aromatic rings. The Kier molecular flexibility index (Phi) is 3.60. The second kappa shape index (κ2) is 5.55. The molecule has 1 N–H and O–H groups in total. The van der Waals surface area contributed by atoms with Crippen LogP contribution in [0.4, 0.5) is 5.82 Å². The lowest BCUT2D eigenvalue weighted by Gasteiger charge is -2.40. The zero-order chi connectivity index (χ0) is 14.8. The average Bonchev–Trinajstić information content (AvgIpc) is 2.86. The minimum atomic E-state index is 0.0772. The van der Waals surface area contributed by atoms with E-state index in [1.807, 2.05) is 30.0 Å². The number of carbonyl (C=O) groups excluding carboxylic acids is 1. The zero-order valence-electron chi connectivity index (χ0n) is 12.2. The maximum atomic E-state index is 11.5. The summed E-state index contributed by atoms with van der Waals surface area (Å²) in [5.74, 6) is 2.39. The number of hydrogen-bond acceptors (Lipinski definition) is 5. The van der Waals surface area contributed by atoms with Crippen molar-refractivity contribution in [1.29, 1.82) is 0 Å². The predicted octanol–water partition coefficient (Wildman–Crippen LogP) is 2.28. The van der Waals surface area contributed by atoms with E-state index >= 15 is 0 Å². The number of anilines is 1. The van der Waals surface area contributed by atoms with Crippen molar-refractivity contribution in [3.05, 3.63) is 41.7 Å². The van der Waals surface area contributed by atoms with Crippen LogP contribution in [0.25, 0.3) is 0 Å². The van der Waals surface area contributed by atoms with Gasteiger partial charge in [0, 0.05) is 19.5 Å². The third-order valence-electron chi connectivity index (χ3n) is 3.65. The topological polar surface area (TPSA) is 71.3 Å². The van der Waals surface area contributed by atoms with Gasteiger partial charge in [0.25, 0.3) is 0 Å².